The van der Waals surface area contributed by atoms with Gasteiger partial charge in [0, 0.05) is 0 Å². The first-order valence-corrected chi connectivity index (χ1v) is 14.9. The SMILES string of the molecule is CCC[Si]1(c2ccccc2)CCC(C2CCC(C=Cc3ccc(F)c(F)c3)CC2)CC1. The second kappa shape index (κ2) is 10.2. The number of hydrogen-bond acceptors (Lipinski definition) is 0. The molecule has 0 unspecified atom stereocenters. The standard InChI is InChI=1S/C28H36F2Si/c1-2-18-31(26-6-4-3-5-7-26)19-16-25(17-20-31)24-13-10-22(11-14-24)8-9-23-12-15-27(29)28(30)21-23/h3-9,12,15,21-22,24-25H,2,10-11,13-14,16-20H2,1H3. The van der Waals surface area contributed by atoms with Crippen LogP contribution in [-0.4, -0.2) is 8.07 Å². The van der Waals surface area contributed by atoms with E-state index in [4.69, 9.17) is 0 Å². The van der Waals surface area contributed by atoms with E-state index >= 15 is 0 Å². The summed E-state index contributed by atoms with van der Waals surface area (Å²) in [5, 5.41) is 1.70. The lowest BCUT2D eigenvalue weighted by Gasteiger charge is -2.43. The Hall–Kier alpha value is -1.74. The van der Waals surface area contributed by atoms with E-state index in [9.17, 15) is 8.78 Å². The van der Waals surface area contributed by atoms with Gasteiger partial charge >= 0.3 is 0 Å². The molecule has 2 aromatic rings. The van der Waals surface area contributed by atoms with Crippen molar-refractivity contribution in [1.82, 2.24) is 0 Å². The molecule has 0 amide bonds. The van der Waals surface area contributed by atoms with Crippen LogP contribution in [0.4, 0.5) is 8.78 Å². The molecular formula is C28H36F2Si. The molecule has 1 aliphatic carbocycles. The molecule has 0 atom stereocenters. The third-order valence-corrected chi connectivity index (χ3v) is 13.6. The predicted molar refractivity (Wildman–Crippen MR) is 130 cm³/mol. The van der Waals surface area contributed by atoms with Crippen LogP contribution in [0, 0.1) is 29.4 Å². The lowest BCUT2D eigenvalue weighted by Crippen LogP contribution is -2.50. The van der Waals surface area contributed by atoms with Crippen LogP contribution in [-0.2, 0) is 0 Å². The quantitative estimate of drug-likeness (QED) is 0.401. The lowest BCUT2D eigenvalue weighted by atomic mass is 9.74. The minimum Gasteiger partial charge on any atom is -0.204 e. The summed E-state index contributed by atoms with van der Waals surface area (Å²) >= 11 is 0. The Morgan fingerprint density at radius 1 is 0.839 bits per heavy atom. The van der Waals surface area contributed by atoms with Crippen molar-refractivity contribution in [2.24, 2.45) is 17.8 Å². The zero-order chi connectivity index (χ0) is 21.7. The first-order valence-electron chi connectivity index (χ1n) is 12.3. The van der Waals surface area contributed by atoms with Crippen LogP contribution < -0.4 is 5.19 Å². The highest BCUT2D eigenvalue weighted by Crippen LogP contribution is 2.44. The zero-order valence-electron chi connectivity index (χ0n) is 18.8. The topological polar surface area (TPSA) is 0 Å². The van der Waals surface area contributed by atoms with Crippen LogP contribution in [0.1, 0.15) is 57.4 Å². The molecule has 166 valence electrons. The molecular weight excluding hydrogens is 402 g/mol. The van der Waals surface area contributed by atoms with E-state index in [1.54, 1.807) is 11.3 Å². The maximum Gasteiger partial charge on any atom is 0.159 e. The van der Waals surface area contributed by atoms with Crippen LogP contribution >= 0.6 is 0 Å². The van der Waals surface area contributed by atoms with Crippen molar-refractivity contribution in [2.45, 2.75) is 70.0 Å². The molecule has 0 bridgehead atoms. The van der Waals surface area contributed by atoms with Crippen molar-refractivity contribution in [3.8, 4) is 0 Å². The van der Waals surface area contributed by atoms with Crippen molar-refractivity contribution < 1.29 is 8.78 Å². The Kier molecular flexibility index (Phi) is 7.42. The minimum atomic E-state index is -1.31. The van der Waals surface area contributed by atoms with E-state index in [-0.39, 0.29) is 0 Å². The van der Waals surface area contributed by atoms with Gasteiger partial charge < -0.3 is 0 Å². The van der Waals surface area contributed by atoms with Crippen molar-refractivity contribution in [3.05, 3.63) is 71.8 Å². The van der Waals surface area contributed by atoms with E-state index in [0.29, 0.717) is 5.92 Å². The normalized spacial score (nSPS) is 29.3. The van der Waals surface area contributed by atoms with Crippen LogP contribution in [0.5, 0.6) is 0 Å². The Bertz CT molecular complexity index is 860. The van der Waals surface area contributed by atoms with Crippen LogP contribution in [0.15, 0.2) is 54.6 Å². The first-order chi connectivity index (χ1) is 15.1. The Morgan fingerprint density at radius 3 is 2.16 bits per heavy atom. The van der Waals surface area contributed by atoms with E-state index in [0.717, 1.165) is 17.4 Å². The molecule has 2 aliphatic rings. The second-order valence-electron chi connectivity index (χ2n) is 9.94. The van der Waals surface area contributed by atoms with Gasteiger partial charge in [0.15, 0.2) is 11.6 Å². The van der Waals surface area contributed by atoms with Gasteiger partial charge in [-0.1, -0.05) is 98.1 Å². The van der Waals surface area contributed by atoms with E-state index in [1.165, 1.54) is 75.2 Å². The predicted octanol–water partition coefficient (Wildman–Crippen LogP) is 7.96. The maximum atomic E-state index is 13.4. The molecule has 0 nitrogen and oxygen atoms in total. The number of rotatable bonds is 6. The monoisotopic (exact) mass is 438 g/mol. The summed E-state index contributed by atoms with van der Waals surface area (Å²) in [5.41, 5.74) is 0.756. The van der Waals surface area contributed by atoms with Gasteiger partial charge in [-0.25, -0.2) is 8.78 Å². The van der Waals surface area contributed by atoms with Crippen LogP contribution in [0.2, 0.25) is 18.1 Å². The summed E-state index contributed by atoms with van der Waals surface area (Å²) in [4.78, 5) is 0. The first kappa shape index (κ1) is 22.5. The van der Waals surface area contributed by atoms with Crippen molar-refractivity contribution in [1.29, 1.82) is 0 Å². The van der Waals surface area contributed by atoms with Gasteiger partial charge in [-0.15, -0.1) is 0 Å². The van der Waals surface area contributed by atoms with Gasteiger partial charge in [0.1, 0.15) is 0 Å². The highest BCUT2D eigenvalue weighted by molar-refractivity contribution is 6.92. The maximum absolute atomic E-state index is 13.4. The molecule has 3 heteroatoms. The molecule has 31 heavy (non-hydrogen) atoms. The van der Waals surface area contributed by atoms with Gasteiger partial charge in [-0.3, -0.25) is 0 Å². The smallest absolute Gasteiger partial charge is 0.159 e. The molecule has 0 spiro atoms. The third kappa shape index (κ3) is 5.37. The summed E-state index contributed by atoms with van der Waals surface area (Å²) in [7, 11) is -1.31. The lowest BCUT2D eigenvalue weighted by molar-refractivity contribution is 0.208. The fourth-order valence-corrected chi connectivity index (χ4v) is 11.6. The van der Waals surface area contributed by atoms with Gasteiger partial charge in [0.2, 0.25) is 0 Å². The van der Waals surface area contributed by atoms with E-state index < -0.39 is 19.7 Å². The summed E-state index contributed by atoms with van der Waals surface area (Å²) in [5.74, 6) is 0.838. The molecule has 0 radical (unpaired) electrons. The molecule has 1 aliphatic heterocycles. The van der Waals surface area contributed by atoms with Crippen molar-refractivity contribution in [2.75, 3.05) is 0 Å². The summed E-state index contributed by atoms with van der Waals surface area (Å²) in [6.07, 6.45) is 13.5. The molecule has 1 saturated heterocycles. The van der Waals surface area contributed by atoms with Gasteiger partial charge in [0.05, 0.1) is 8.07 Å². The average molecular weight is 439 g/mol. The summed E-state index contributed by atoms with van der Waals surface area (Å²) in [6, 6.07) is 20.0. The number of hydrogen-bond donors (Lipinski definition) is 0. The van der Waals surface area contributed by atoms with Gasteiger partial charge in [0.25, 0.3) is 0 Å². The van der Waals surface area contributed by atoms with Crippen LogP contribution in [0.3, 0.4) is 0 Å². The van der Waals surface area contributed by atoms with Crippen molar-refractivity contribution >= 4 is 19.3 Å². The molecule has 1 heterocycles. The highest BCUT2D eigenvalue weighted by atomic mass is 28.3. The number of benzene rings is 2. The van der Waals surface area contributed by atoms with E-state index in [2.05, 4.69) is 43.3 Å². The minimum absolute atomic E-state index is 0.575. The van der Waals surface area contributed by atoms with Gasteiger partial charge in [-0.2, -0.15) is 0 Å². The number of allylic oxidation sites excluding steroid dienone is 1. The largest absolute Gasteiger partial charge is 0.204 e. The highest BCUT2D eigenvalue weighted by Gasteiger charge is 2.40. The average Bonchev–Trinajstić information content (AvgIpc) is 2.81. The van der Waals surface area contributed by atoms with E-state index in [1.807, 2.05) is 6.08 Å². The second-order valence-corrected chi connectivity index (χ2v) is 14.6. The third-order valence-electron chi connectivity index (χ3n) is 8.09. The molecule has 4 rings (SSSR count). The zero-order valence-corrected chi connectivity index (χ0v) is 19.8. The van der Waals surface area contributed by atoms with Gasteiger partial charge in [-0.05, 0) is 61.1 Å². The molecule has 2 aromatic carbocycles. The number of halogens is 2. The Labute approximate surface area is 187 Å². The van der Waals surface area contributed by atoms with Crippen molar-refractivity contribution in [3.63, 3.8) is 0 Å². The van der Waals surface area contributed by atoms with Crippen LogP contribution in [0.25, 0.3) is 6.08 Å². The molecule has 0 N–H and O–H groups in total. The fourth-order valence-electron chi connectivity index (χ4n) is 6.29. The Morgan fingerprint density at radius 2 is 1.52 bits per heavy atom. The Balaban J connectivity index is 1.30. The summed E-state index contributed by atoms with van der Waals surface area (Å²) < 4.78 is 26.5. The molecule has 2 fully saturated rings. The summed E-state index contributed by atoms with van der Waals surface area (Å²) in [6.45, 7) is 2.36. The fraction of sp³-hybridized carbons (Fsp3) is 0.500. The molecule has 1 saturated carbocycles. The molecule has 0 aromatic heterocycles.